The zero-order valence-electron chi connectivity index (χ0n) is 13.3. The molecule has 1 atom stereocenters. The van der Waals surface area contributed by atoms with Crippen LogP contribution >= 0.6 is 34.7 Å². The molecule has 23 heavy (non-hydrogen) atoms. The lowest BCUT2D eigenvalue weighted by atomic mass is 10.1. The van der Waals surface area contributed by atoms with E-state index >= 15 is 0 Å². The zero-order chi connectivity index (χ0) is 17.0. The summed E-state index contributed by atoms with van der Waals surface area (Å²) in [4.78, 5) is 12.2. The molecule has 124 valence electrons. The Morgan fingerprint density at radius 1 is 1.39 bits per heavy atom. The number of nitrogens with zero attached hydrogens (tertiary/aromatic N) is 2. The maximum absolute atomic E-state index is 12.2. The Morgan fingerprint density at radius 3 is 2.65 bits per heavy atom. The smallest absolute Gasteiger partial charge is 0.266 e. The number of rotatable bonds is 6. The molecule has 0 aliphatic heterocycles. The summed E-state index contributed by atoms with van der Waals surface area (Å²) in [7, 11) is 0. The molecule has 0 unspecified atom stereocenters. The predicted molar refractivity (Wildman–Crippen MR) is 96.0 cm³/mol. The van der Waals surface area contributed by atoms with E-state index in [0.717, 1.165) is 21.2 Å². The molecule has 2 aromatic rings. The van der Waals surface area contributed by atoms with Crippen LogP contribution in [0.4, 0.5) is 5.13 Å². The van der Waals surface area contributed by atoms with Gasteiger partial charge in [0.15, 0.2) is 10.4 Å². The molecule has 5 nitrogen and oxygen atoms in total. The van der Waals surface area contributed by atoms with E-state index in [1.807, 2.05) is 32.9 Å². The van der Waals surface area contributed by atoms with Gasteiger partial charge in [-0.2, -0.15) is 0 Å². The Hall–Kier alpha value is -1.31. The number of hydrogen-bond acceptors (Lipinski definition) is 6. The van der Waals surface area contributed by atoms with E-state index in [1.54, 1.807) is 18.7 Å². The molecule has 0 bridgehead atoms. The lowest BCUT2D eigenvalue weighted by Crippen LogP contribution is -2.30. The number of aryl methyl sites for hydroxylation is 2. The maximum Gasteiger partial charge on any atom is 0.266 e. The summed E-state index contributed by atoms with van der Waals surface area (Å²) in [5.41, 5.74) is 1.83. The number of ether oxygens (including phenoxy) is 1. The van der Waals surface area contributed by atoms with Crippen LogP contribution < -0.4 is 10.1 Å². The molecule has 1 heterocycles. The van der Waals surface area contributed by atoms with Gasteiger partial charge in [-0.15, -0.1) is 10.2 Å². The monoisotopic (exact) mass is 371 g/mol. The molecule has 0 fully saturated rings. The average Bonchev–Trinajstić information content (AvgIpc) is 2.92. The second-order valence-electron chi connectivity index (χ2n) is 4.93. The van der Waals surface area contributed by atoms with Crippen LogP contribution in [-0.2, 0) is 4.79 Å². The summed E-state index contributed by atoms with van der Waals surface area (Å²) >= 11 is 9.07. The van der Waals surface area contributed by atoms with Crippen molar-refractivity contribution in [1.29, 1.82) is 0 Å². The van der Waals surface area contributed by atoms with E-state index in [4.69, 9.17) is 16.3 Å². The second kappa shape index (κ2) is 7.99. The third kappa shape index (κ3) is 4.83. The number of anilines is 1. The highest BCUT2D eigenvalue weighted by molar-refractivity contribution is 8.01. The number of halogens is 1. The summed E-state index contributed by atoms with van der Waals surface area (Å²) in [5, 5.41) is 11.9. The van der Waals surface area contributed by atoms with Gasteiger partial charge in [-0.1, -0.05) is 41.6 Å². The van der Waals surface area contributed by atoms with Crippen molar-refractivity contribution < 1.29 is 9.53 Å². The van der Waals surface area contributed by atoms with E-state index < -0.39 is 6.10 Å². The standard InChI is InChI=1S/C15H18ClN3O2S2/c1-5-22-15-19-18-14(23-15)17-13(20)10(4)21-11-6-8(2)12(16)9(3)7-11/h6-7,10H,5H2,1-4H3,(H,17,18,20)/t10-/m1/s1. The Labute approximate surface area is 148 Å². The first-order valence-electron chi connectivity index (χ1n) is 7.11. The summed E-state index contributed by atoms with van der Waals surface area (Å²) in [6.45, 7) is 7.54. The fraction of sp³-hybridized carbons (Fsp3) is 0.400. The summed E-state index contributed by atoms with van der Waals surface area (Å²) < 4.78 is 6.53. The highest BCUT2D eigenvalue weighted by Gasteiger charge is 2.17. The zero-order valence-corrected chi connectivity index (χ0v) is 15.7. The van der Waals surface area contributed by atoms with Crippen LogP contribution in [-0.4, -0.2) is 28.0 Å². The quantitative estimate of drug-likeness (QED) is 0.605. The van der Waals surface area contributed by atoms with Crippen LogP contribution in [0.5, 0.6) is 5.75 Å². The van der Waals surface area contributed by atoms with Crippen LogP contribution in [0.25, 0.3) is 0 Å². The minimum atomic E-state index is -0.652. The molecule has 0 aliphatic rings. The number of hydrogen-bond donors (Lipinski definition) is 1. The molecule has 1 amide bonds. The van der Waals surface area contributed by atoms with Crippen molar-refractivity contribution in [3.8, 4) is 5.75 Å². The molecule has 0 saturated heterocycles. The Morgan fingerprint density at radius 2 is 2.04 bits per heavy atom. The van der Waals surface area contributed by atoms with E-state index in [2.05, 4.69) is 15.5 Å². The molecule has 0 saturated carbocycles. The largest absolute Gasteiger partial charge is 0.481 e. The van der Waals surface area contributed by atoms with Gasteiger partial charge in [0.05, 0.1) is 0 Å². The summed E-state index contributed by atoms with van der Waals surface area (Å²) in [6, 6.07) is 3.64. The summed E-state index contributed by atoms with van der Waals surface area (Å²) in [5.74, 6) is 1.27. The first-order valence-corrected chi connectivity index (χ1v) is 9.29. The normalized spacial score (nSPS) is 12.0. The predicted octanol–water partition coefficient (Wildman–Crippen LogP) is 4.33. The number of thioether (sulfide) groups is 1. The van der Waals surface area contributed by atoms with Gasteiger partial charge < -0.3 is 4.74 Å². The molecule has 1 aromatic heterocycles. The van der Waals surface area contributed by atoms with Crippen LogP contribution in [0.2, 0.25) is 5.02 Å². The van der Waals surface area contributed by atoms with Gasteiger partial charge in [0.1, 0.15) is 5.75 Å². The van der Waals surface area contributed by atoms with Crippen LogP contribution in [0.1, 0.15) is 25.0 Å². The van der Waals surface area contributed by atoms with Gasteiger partial charge in [-0.3, -0.25) is 10.1 Å². The first kappa shape index (κ1) is 18.0. The SMILES string of the molecule is CCSc1nnc(NC(=O)[C@@H](C)Oc2cc(C)c(Cl)c(C)c2)s1. The lowest BCUT2D eigenvalue weighted by molar-refractivity contribution is -0.122. The van der Waals surface area contributed by atoms with Crippen molar-refractivity contribution in [2.45, 2.75) is 38.1 Å². The van der Waals surface area contributed by atoms with E-state index in [-0.39, 0.29) is 5.91 Å². The number of nitrogens with one attached hydrogen (secondary N) is 1. The molecular weight excluding hydrogens is 354 g/mol. The Kier molecular flexibility index (Phi) is 6.26. The minimum absolute atomic E-state index is 0.264. The number of carbonyl (C=O) groups excluding carboxylic acids is 1. The van der Waals surface area contributed by atoms with E-state index in [0.29, 0.717) is 15.9 Å². The van der Waals surface area contributed by atoms with Gasteiger partial charge >= 0.3 is 0 Å². The fourth-order valence-corrected chi connectivity index (χ4v) is 3.64. The maximum atomic E-state index is 12.2. The summed E-state index contributed by atoms with van der Waals surface area (Å²) in [6.07, 6.45) is -0.652. The number of carbonyl (C=O) groups is 1. The van der Waals surface area contributed by atoms with Crippen molar-refractivity contribution in [2.75, 3.05) is 11.1 Å². The van der Waals surface area contributed by atoms with Crippen molar-refractivity contribution in [3.63, 3.8) is 0 Å². The average molecular weight is 372 g/mol. The van der Waals surface area contributed by atoms with Crippen molar-refractivity contribution in [2.24, 2.45) is 0 Å². The van der Waals surface area contributed by atoms with Gasteiger partial charge in [-0.05, 0) is 49.8 Å². The Balaban J connectivity index is 1.99. The van der Waals surface area contributed by atoms with Crippen LogP contribution in [0, 0.1) is 13.8 Å². The lowest BCUT2D eigenvalue weighted by Gasteiger charge is -2.15. The van der Waals surface area contributed by atoms with Gasteiger partial charge in [0.2, 0.25) is 5.13 Å². The second-order valence-corrected chi connectivity index (χ2v) is 7.79. The molecule has 8 heteroatoms. The van der Waals surface area contributed by atoms with Crippen molar-refractivity contribution >= 4 is 45.7 Å². The third-order valence-corrected chi connectivity index (χ3v) is 5.45. The fourth-order valence-electron chi connectivity index (χ4n) is 1.88. The number of amides is 1. The molecule has 1 N–H and O–H groups in total. The van der Waals surface area contributed by atoms with Crippen molar-refractivity contribution in [3.05, 3.63) is 28.3 Å². The highest BCUT2D eigenvalue weighted by Crippen LogP contribution is 2.27. The molecule has 0 aliphatic carbocycles. The molecule has 0 radical (unpaired) electrons. The van der Waals surface area contributed by atoms with Gasteiger partial charge in [-0.25, -0.2) is 0 Å². The minimum Gasteiger partial charge on any atom is -0.481 e. The van der Waals surface area contributed by atoms with Crippen LogP contribution in [0.15, 0.2) is 16.5 Å². The molecule has 0 spiro atoms. The highest BCUT2D eigenvalue weighted by atomic mass is 35.5. The number of benzene rings is 1. The third-order valence-electron chi connectivity index (χ3n) is 3.00. The topological polar surface area (TPSA) is 64.1 Å². The van der Waals surface area contributed by atoms with Crippen LogP contribution in [0.3, 0.4) is 0 Å². The number of aromatic nitrogens is 2. The van der Waals surface area contributed by atoms with Crippen molar-refractivity contribution in [1.82, 2.24) is 10.2 Å². The molecule has 2 rings (SSSR count). The van der Waals surface area contributed by atoms with Gasteiger partial charge in [0.25, 0.3) is 5.91 Å². The van der Waals surface area contributed by atoms with E-state index in [9.17, 15) is 4.79 Å². The Bertz CT molecular complexity index is 683. The first-order chi connectivity index (χ1) is 10.9. The molecular formula is C15H18ClN3O2S2. The van der Waals surface area contributed by atoms with E-state index in [1.165, 1.54) is 11.3 Å². The molecule has 1 aromatic carbocycles. The van der Waals surface area contributed by atoms with Gasteiger partial charge in [0, 0.05) is 5.02 Å².